The molecule has 0 aliphatic heterocycles. The molecule has 0 fully saturated rings. The Labute approximate surface area is 230 Å². The lowest BCUT2D eigenvalue weighted by molar-refractivity contribution is -0.129. The number of rotatable bonds is 10. The van der Waals surface area contributed by atoms with Crippen LogP contribution in [-0.2, 0) is 20.0 Å². The molecule has 0 saturated heterocycles. The normalized spacial score (nSPS) is 12.0. The van der Waals surface area contributed by atoms with Gasteiger partial charge in [-0.05, 0) is 20.3 Å². The van der Waals surface area contributed by atoms with E-state index in [1.54, 1.807) is 13.8 Å². The van der Waals surface area contributed by atoms with Crippen LogP contribution in [0.25, 0.3) is 0 Å². The van der Waals surface area contributed by atoms with Crippen LogP contribution in [0, 0.1) is 0 Å². The molecule has 0 saturated carbocycles. The van der Waals surface area contributed by atoms with Gasteiger partial charge in [0.05, 0.1) is 0 Å². The van der Waals surface area contributed by atoms with Gasteiger partial charge in [0.1, 0.15) is 11.3 Å². The summed E-state index contributed by atoms with van der Waals surface area (Å²) in [5.41, 5.74) is 0.0149. The molecule has 1 aromatic heterocycles. The van der Waals surface area contributed by atoms with Gasteiger partial charge < -0.3 is 14.7 Å². The molecule has 1 amide bonds. The molecular weight excluding hydrogens is 514 g/mol. The number of ether oxygens (including phenoxy) is 1. The molecule has 0 bridgehead atoms. The molecule has 0 atom stereocenters. The Hall–Kier alpha value is -4.50. The third kappa shape index (κ3) is 6.32. The summed E-state index contributed by atoms with van der Waals surface area (Å²) in [5.74, 6) is -1.33. The fourth-order valence-corrected chi connectivity index (χ4v) is 4.54. The Morgan fingerprint density at radius 2 is 1.38 bits per heavy atom. The SMILES string of the molecule is CCC(C)(C)OC(=O)Nc1nc(C(=NOC(c2ccccc2)(c2ccccc2)c2ccccc2)C(=O)O)cs1. The van der Waals surface area contributed by atoms with Gasteiger partial charge in [0.15, 0.2) is 5.13 Å². The Kier molecular flexibility index (Phi) is 8.41. The first-order valence-corrected chi connectivity index (χ1v) is 13.2. The molecular formula is C30H29N3O5S. The fourth-order valence-electron chi connectivity index (χ4n) is 3.86. The first kappa shape index (κ1) is 27.5. The molecule has 1 heterocycles. The van der Waals surface area contributed by atoms with Crippen LogP contribution in [0.15, 0.2) is 102 Å². The summed E-state index contributed by atoms with van der Waals surface area (Å²) in [6.45, 7) is 5.50. The number of nitrogens with zero attached hydrogens (tertiary/aromatic N) is 2. The number of oxime groups is 1. The monoisotopic (exact) mass is 543 g/mol. The quantitative estimate of drug-likeness (QED) is 0.131. The van der Waals surface area contributed by atoms with Crippen LogP contribution in [0.5, 0.6) is 0 Å². The number of carboxylic acid groups (broad SMARTS) is 1. The number of aliphatic carboxylic acids is 1. The second-order valence-corrected chi connectivity index (χ2v) is 10.1. The number of carbonyl (C=O) groups excluding carboxylic acids is 1. The van der Waals surface area contributed by atoms with E-state index in [1.165, 1.54) is 5.38 Å². The number of aromatic nitrogens is 1. The lowest BCUT2D eigenvalue weighted by atomic mass is 9.80. The number of carboxylic acids is 1. The van der Waals surface area contributed by atoms with E-state index in [2.05, 4.69) is 15.5 Å². The zero-order valence-electron chi connectivity index (χ0n) is 21.8. The topological polar surface area (TPSA) is 110 Å². The van der Waals surface area contributed by atoms with Crippen molar-refractivity contribution in [3.63, 3.8) is 0 Å². The van der Waals surface area contributed by atoms with Crippen LogP contribution >= 0.6 is 11.3 Å². The maximum Gasteiger partial charge on any atom is 0.413 e. The number of hydrogen-bond acceptors (Lipinski definition) is 7. The summed E-state index contributed by atoms with van der Waals surface area (Å²) >= 11 is 1.06. The molecule has 3 aromatic carbocycles. The smallest absolute Gasteiger partial charge is 0.413 e. The number of nitrogens with one attached hydrogen (secondary N) is 1. The van der Waals surface area contributed by atoms with Gasteiger partial charge in [-0.25, -0.2) is 14.6 Å². The summed E-state index contributed by atoms with van der Waals surface area (Å²) < 4.78 is 5.39. The molecule has 8 nitrogen and oxygen atoms in total. The lowest BCUT2D eigenvalue weighted by Crippen LogP contribution is -2.32. The van der Waals surface area contributed by atoms with Gasteiger partial charge in [0.25, 0.3) is 0 Å². The number of amides is 1. The average Bonchev–Trinajstić information content (AvgIpc) is 3.39. The minimum absolute atomic E-state index is 0.0423. The number of carbonyl (C=O) groups is 2. The highest BCUT2D eigenvalue weighted by Gasteiger charge is 2.40. The van der Waals surface area contributed by atoms with E-state index in [1.807, 2.05) is 97.9 Å². The van der Waals surface area contributed by atoms with Gasteiger partial charge in [-0.2, -0.15) is 0 Å². The van der Waals surface area contributed by atoms with E-state index < -0.39 is 29.0 Å². The van der Waals surface area contributed by atoms with E-state index in [9.17, 15) is 14.7 Å². The maximum absolute atomic E-state index is 12.3. The van der Waals surface area contributed by atoms with Gasteiger partial charge in [0, 0.05) is 22.1 Å². The number of anilines is 1. The third-order valence-electron chi connectivity index (χ3n) is 6.19. The standard InChI is InChI=1S/C30H29N3O5S/c1-4-29(2,3)37-28(36)32-27-31-24(20-39-27)25(26(34)35)33-38-30(21-14-8-5-9-15-21,22-16-10-6-11-17-22)23-18-12-7-13-19-23/h5-20H,4H2,1-3H3,(H,34,35)(H,31,32,36). The zero-order valence-corrected chi connectivity index (χ0v) is 22.6. The van der Waals surface area contributed by atoms with Gasteiger partial charge in [-0.3, -0.25) is 5.32 Å². The summed E-state index contributed by atoms with van der Waals surface area (Å²) in [6.07, 6.45) is -0.0491. The molecule has 4 aromatic rings. The van der Waals surface area contributed by atoms with Crippen molar-refractivity contribution in [3.05, 3.63) is 119 Å². The Bertz CT molecular complexity index is 1340. The molecule has 4 rings (SSSR count). The summed E-state index contributed by atoms with van der Waals surface area (Å²) in [5, 5.41) is 18.5. The van der Waals surface area contributed by atoms with Crippen molar-refractivity contribution in [3.8, 4) is 0 Å². The van der Waals surface area contributed by atoms with Crippen molar-refractivity contribution in [1.29, 1.82) is 0 Å². The highest BCUT2D eigenvalue weighted by molar-refractivity contribution is 7.14. The molecule has 200 valence electrons. The van der Waals surface area contributed by atoms with Crippen LogP contribution in [0.4, 0.5) is 9.93 Å². The van der Waals surface area contributed by atoms with Crippen LogP contribution in [0.2, 0.25) is 0 Å². The van der Waals surface area contributed by atoms with Gasteiger partial charge >= 0.3 is 12.1 Å². The van der Waals surface area contributed by atoms with Crippen molar-refractivity contribution < 1.29 is 24.3 Å². The van der Waals surface area contributed by atoms with Crippen molar-refractivity contribution in [2.45, 2.75) is 38.4 Å². The lowest BCUT2D eigenvalue weighted by Gasteiger charge is -2.33. The largest absolute Gasteiger partial charge is 0.476 e. The predicted molar refractivity (Wildman–Crippen MR) is 151 cm³/mol. The summed E-state index contributed by atoms with van der Waals surface area (Å²) in [6, 6.07) is 28.5. The van der Waals surface area contributed by atoms with Crippen LogP contribution < -0.4 is 5.32 Å². The van der Waals surface area contributed by atoms with Crippen molar-refractivity contribution >= 4 is 34.2 Å². The highest BCUT2D eigenvalue weighted by Crippen LogP contribution is 2.40. The van der Waals surface area contributed by atoms with E-state index in [-0.39, 0.29) is 10.8 Å². The molecule has 0 spiro atoms. The molecule has 0 aliphatic rings. The van der Waals surface area contributed by atoms with Crippen molar-refractivity contribution in [2.24, 2.45) is 5.16 Å². The molecule has 0 radical (unpaired) electrons. The Morgan fingerprint density at radius 3 is 1.82 bits per heavy atom. The number of thiazole rings is 1. The Morgan fingerprint density at radius 1 is 0.897 bits per heavy atom. The second-order valence-electron chi connectivity index (χ2n) is 9.28. The van der Waals surface area contributed by atoms with Crippen LogP contribution in [0.1, 0.15) is 49.6 Å². The fraction of sp³-hybridized carbons (Fsp3) is 0.200. The van der Waals surface area contributed by atoms with Gasteiger partial charge in [-0.1, -0.05) is 103 Å². The third-order valence-corrected chi connectivity index (χ3v) is 6.95. The van der Waals surface area contributed by atoms with Crippen molar-refractivity contribution in [1.82, 2.24) is 4.98 Å². The van der Waals surface area contributed by atoms with E-state index in [0.29, 0.717) is 6.42 Å². The minimum Gasteiger partial charge on any atom is -0.476 e. The summed E-state index contributed by atoms with van der Waals surface area (Å²) in [7, 11) is 0. The zero-order chi connectivity index (χ0) is 27.9. The van der Waals surface area contributed by atoms with Gasteiger partial charge in [-0.15, -0.1) is 11.3 Å². The van der Waals surface area contributed by atoms with Crippen LogP contribution in [-0.4, -0.2) is 33.5 Å². The van der Waals surface area contributed by atoms with E-state index in [4.69, 9.17) is 9.57 Å². The maximum atomic E-state index is 12.3. The molecule has 39 heavy (non-hydrogen) atoms. The molecule has 0 unspecified atom stereocenters. The summed E-state index contributed by atoms with van der Waals surface area (Å²) in [4.78, 5) is 35.2. The van der Waals surface area contributed by atoms with E-state index in [0.717, 1.165) is 28.0 Å². The highest BCUT2D eigenvalue weighted by atomic mass is 32.1. The van der Waals surface area contributed by atoms with Crippen LogP contribution in [0.3, 0.4) is 0 Å². The van der Waals surface area contributed by atoms with Gasteiger partial charge in [0.2, 0.25) is 11.3 Å². The average molecular weight is 544 g/mol. The molecule has 2 N–H and O–H groups in total. The van der Waals surface area contributed by atoms with Crippen molar-refractivity contribution in [2.75, 3.05) is 5.32 Å². The Balaban J connectivity index is 1.75. The molecule has 0 aliphatic carbocycles. The predicted octanol–water partition coefficient (Wildman–Crippen LogP) is 6.68. The second kappa shape index (κ2) is 11.9. The first-order valence-electron chi connectivity index (χ1n) is 12.4. The molecule has 9 heteroatoms. The van der Waals surface area contributed by atoms with E-state index >= 15 is 0 Å². The number of hydrogen-bond donors (Lipinski definition) is 2. The number of benzene rings is 3. The minimum atomic E-state index is -1.33. The first-order chi connectivity index (χ1) is 18.7.